The number of hydrogen-bond donors (Lipinski definition) is 1. The van der Waals surface area contributed by atoms with Crippen molar-refractivity contribution in [3.63, 3.8) is 0 Å². The van der Waals surface area contributed by atoms with Gasteiger partial charge in [0.15, 0.2) is 0 Å². The van der Waals surface area contributed by atoms with Gasteiger partial charge in [-0.15, -0.1) is 0 Å². The lowest BCUT2D eigenvalue weighted by Crippen LogP contribution is -1.93. The Morgan fingerprint density at radius 2 is 1.95 bits per heavy atom. The molecule has 6 heteroatoms. The molecule has 2 aromatic rings. The van der Waals surface area contributed by atoms with E-state index in [-0.39, 0.29) is 11.0 Å². The summed E-state index contributed by atoms with van der Waals surface area (Å²) in [5, 5.41) is 9.15. The second-order valence-corrected chi connectivity index (χ2v) is 4.06. The topological polar surface area (TPSA) is 81.2 Å². The number of anilines is 1. The SMILES string of the molecule is COc1cc(C#N)cc(Oc2cc(N)cc(Cl)n2)c1. The molecule has 2 N–H and O–H groups in total. The fraction of sp³-hybridized carbons (Fsp3) is 0.0769. The number of halogens is 1. The third-order valence-electron chi connectivity index (χ3n) is 2.26. The number of pyridine rings is 1. The van der Waals surface area contributed by atoms with Gasteiger partial charge in [-0.05, 0) is 18.2 Å². The molecule has 1 heterocycles. The first-order valence-corrected chi connectivity index (χ1v) is 5.68. The number of rotatable bonds is 3. The lowest BCUT2D eigenvalue weighted by atomic mass is 10.2. The molecule has 0 amide bonds. The average molecular weight is 276 g/mol. The molecule has 0 unspecified atom stereocenters. The summed E-state index contributed by atoms with van der Waals surface area (Å²) in [5.41, 5.74) is 6.51. The molecule has 1 aromatic carbocycles. The molecule has 0 saturated heterocycles. The first-order chi connectivity index (χ1) is 9.10. The van der Waals surface area contributed by atoms with Crippen LogP contribution < -0.4 is 15.2 Å². The maximum Gasteiger partial charge on any atom is 0.222 e. The lowest BCUT2D eigenvalue weighted by molar-refractivity contribution is 0.407. The summed E-state index contributed by atoms with van der Waals surface area (Å²) in [6, 6.07) is 9.89. The van der Waals surface area contributed by atoms with Crippen LogP contribution in [0.4, 0.5) is 5.69 Å². The largest absolute Gasteiger partial charge is 0.497 e. The molecule has 0 spiro atoms. The minimum absolute atomic E-state index is 0.235. The molecular weight excluding hydrogens is 266 g/mol. The Balaban J connectivity index is 2.35. The Bertz CT molecular complexity index is 633. The van der Waals surface area contributed by atoms with Gasteiger partial charge >= 0.3 is 0 Å². The summed E-state index contributed by atoms with van der Waals surface area (Å²) >= 11 is 5.79. The number of nitriles is 1. The number of ether oxygens (including phenoxy) is 2. The normalized spacial score (nSPS) is 9.74. The van der Waals surface area contributed by atoms with Crippen molar-refractivity contribution >= 4 is 17.3 Å². The number of nitrogens with two attached hydrogens (primary N) is 1. The molecule has 0 aliphatic heterocycles. The molecule has 0 aliphatic rings. The second-order valence-electron chi connectivity index (χ2n) is 3.67. The van der Waals surface area contributed by atoms with E-state index in [1.54, 1.807) is 18.2 Å². The zero-order chi connectivity index (χ0) is 13.8. The van der Waals surface area contributed by atoms with E-state index in [2.05, 4.69) is 4.98 Å². The maximum absolute atomic E-state index is 8.92. The summed E-state index contributed by atoms with van der Waals surface area (Å²) in [7, 11) is 1.51. The van der Waals surface area contributed by atoms with Crippen molar-refractivity contribution in [2.75, 3.05) is 12.8 Å². The molecule has 19 heavy (non-hydrogen) atoms. The van der Waals surface area contributed by atoms with Gasteiger partial charge in [-0.3, -0.25) is 0 Å². The van der Waals surface area contributed by atoms with E-state index < -0.39 is 0 Å². The highest BCUT2D eigenvalue weighted by Crippen LogP contribution is 2.28. The van der Waals surface area contributed by atoms with Gasteiger partial charge in [0.25, 0.3) is 0 Å². The molecule has 0 bridgehead atoms. The highest BCUT2D eigenvalue weighted by molar-refractivity contribution is 6.29. The Kier molecular flexibility index (Phi) is 3.74. The van der Waals surface area contributed by atoms with Gasteiger partial charge in [-0.25, -0.2) is 4.98 Å². The summed E-state index contributed by atoms with van der Waals surface area (Å²) in [5.74, 6) is 1.19. The molecule has 0 saturated carbocycles. The number of methoxy groups -OCH3 is 1. The Hall–Kier alpha value is -2.45. The van der Waals surface area contributed by atoms with Crippen molar-refractivity contribution in [1.29, 1.82) is 5.26 Å². The van der Waals surface area contributed by atoms with Gasteiger partial charge < -0.3 is 15.2 Å². The van der Waals surface area contributed by atoms with E-state index in [1.165, 1.54) is 19.2 Å². The number of aromatic nitrogens is 1. The van der Waals surface area contributed by atoms with Crippen molar-refractivity contribution in [3.05, 3.63) is 41.0 Å². The van der Waals surface area contributed by atoms with Gasteiger partial charge in [-0.2, -0.15) is 5.26 Å². The van der Waals surface area contributed by atoms with E-state index in [0.717, 1.165) is 0 Å². The van der Waals surface area contributed by atoms with Crippen LogP contribution in [-0.4, -0.2) is 12.1 Å². The zero-order valence-electron chi connectivity index (χ0n) is 10.1. The Labute approximate surface area is 115 Å². The minimum Gasteiger partial charge on any atom is -0.497 e. The van der Waals surface area contributed by atoms with E-state index in [4.69, 9.17) is 32.1 Å². The Morgan fingerprint density at radius 3 is 2.58 bits per heavy atom. The standard InChI is InChI=1S/C13H10ClN3O2/c1-18-10-2-8(7-15)3-11(6-10)19-13-5-9(16)4-12(14)17-13/h2-6H,1H3,(H2,16,17). The molecule has 1 aromatic heterocycles. The van der Waals surface area contributed by atoms with Crippen molar-refractivity contribution in [2.45, 2.75) is 0 Å². The molecule has 0 aliphatic carbocycles. The predicted octanol–water partition coefficient (Wildman–Crippen LogP) is 2.99. The summed E-state index contributed by atoms with van der Waals surface area (Å²) < 4.78 is 10.6. The molecule has 2 rings (SSSR count). The lowest BCUT2D eigenvalue weighted by Gasteiger charge is -2.08. The molecule has 5 nitrogen and oxygen atoms in total. The molecular formula is C13H10ClN3O2. The van der Waals surface area contributed by atoms with Crippen LogP contribution in [0.15, 0.2) is 30.3 Å². The highest BCUT2D eigenvalue weighted by atomic mass is 35.5. The van der Waals surface area contributed by atoms with Crippen molar-refractivity contribution < 1.29 is 9.47 Å². The third kappa shape index (κ3) is 3.27. The van der Waals surface area contributed by atoms with Crippen LogP contribution in [0.1, 0.15) is 5.56 Å². The van der Waals surface area contributed by atoms with Crippen LogP contribution in [0.3, 0.4) is 0 Å². The number of benzene rings is 1. The summed E-state index contributed by atoms with van der Waals surface area (Å²) in [6.45, 7) is 0. The zero-order valence-corrected chi connectivity index (χ0v) is 10.8. The molecule has 0 atom stereocenters. The van der Waals surface area contributed by atoms with Crippen LogP contribution in [0.2, 0.25) is 5.15 Å². The fourth-order valence-electron chi connectivity index (χ4n) is 1.48. The van der Waals surface area contributed by atoms with Gasteiger partial charge in [-0.1, -0.05) is 11.6 Å². The number of nitrogens with zero attached hydrogens (tertiary/aromatic N) is 2. The van der Waals surface area contributed by atoms with Crippen LogP contribution in [-0.2, 0) is 0 Å². The number of hydrogen-bond acceptors (Lipinski definition) is 5. The highest BCUT2D eigenvalue weighted by Gasteiger charge is 2.06. The predicted molar refractivity (Wildman–Crippen MR) is 71.4 cm³/mol. The fourth-order valence-corrected chi connectivity index (χ4v) is 1.69. The molecule has 0 fully saturated rings. The average Bonchev–Trinajstić information content (AvgIpc) is 2.37. The van der Waals surface area contributed by atoms with Crippen LogP contribution in [0.25, 0.3) is 0 Å². The van der Waals surface area contributed by atoms with E-state index in [0.29, 0.717) is 22.7 Å². The smallest absolute Gasteiger partial charge is 0.222 e. The van der Waals surface area contributed by atoms with Gasteiger partial charge in [0.1, 0.15) is 16.7 Å². The molecule has 0 radical (unpaired) electrons. The molecule has 96 valence electrons. The first-order valence-electron chi connectivity index (χ1n) is 5.31. The van der Waals surface area contributed by atoms with Crippen LogP contribution >= 0.6 is 11.6 Å². The van der Waals surface area contributed by atoms with Crippen LogP contribution in [0.5, 0.6) is 17.4 Å². The van der Waals surface area contributed by atoms with Crippen molar-refractivity contribution in [1.82, 2.24) is 4.98 Å². The summed E-state index contributed by atoms with van der Waals surface area (Å²) in [6.07, 6.45) is 0. The quantitative estimate of drug-likeness (QED) is 0.871. The second kappa shape index (κ2) is 5.46. The van der Waals surface area contributed by atoms with Crippen molar-refractivity contribution in [3.8, 4) is 23.4 Å². The first kappa shape index (κ1) is 13.0. The van der Waals surface area contributed by atoms with Crippen molar-refractivity contribution in [2.24, 2.45) is 0 Å². The maximum atomic E-state index is 8.92. The third-order valence-corrected chi connectivity index (χ3v) is 2.45. The van der Waals surface area contributed by atoms with Crippen LogP contribution in [0, 0.1) is 11.3 Å². The summed E-state index contributed by atoms with van der Waals surface area (Å²) in [4.78, 5) is 3.98. The Morgan fingerprint density at radius 1 is 1.21 bits per heavy atom. The monoisotopic (exact) mass is 275 g/mol. The van der Waals surface area contributed by atoms with E-state index in [1.807, 2.05) is 6.07 Å². The minimum atomic E-state index is 0.235. The van der Waals surface area contributed by atoms with Gasteiger partial charge in [0, 0.05) is 17.8 Å². The van der Waals surface area contributed by atoms with Gasteiger partial charge in [0.2, 0.25) is 5.88 Å². The van der Waals surface area contributed by atoms with E-state index in [9.17, 15) is 0 Å². The van der Waals surface area contributed by atoms with E-state index >= 15 is 0 Å². The van der Waals surface area contributed by atoms with Gasteiger partial charge in [0.05, 0.1) is 18.7 Å². The number of nitrogen functional groups attached to an aromatic ring is 1.